The summed E-state index contributed by atoms with van der Waals surface area (Å²) in [4.78, 5) is 4.21. The fraction of sp³-hybridized carbons (Fsp3) is 0. The molecule has 0 radical (unpaired) electrons. The lowest BCUT2D eigenvalue weighted by atomic mass is 10.00. The lowest BCUT2D eigenvalue weighted by Gasteiger charge is -2.10. The molecule has 0 amide bonds. The van der Waals surface area contributed by atoms with E-state index >= 15 is 0 Å². The van der Waals surface area contributed by atoms with Gasteiger partial charge in [-0.25, -0.2) is 0 Å². The first-order valence-electron chi connectivity index (χ1n) is 15.0. The number of hydrogen-bond donors (Lipinski definition) is 0. The van der Waals surface area contributed by atoms with Gasteiger partial charge in [0, 0.05) is 45.3 Å². The van der Waals surface area contributed by atoms with Gasteiger partial charge in [-0.2, -0.15) is 0 Å². The molecular weight excluding hydrogens is 534 g/mol. The molecule has 9 rings (SSSR count). The number of fused-ring (bicyclic) bond motifs is 6. The molecule has 0 saturated carbocycles. The molecule has 0 aliphatic heterocycles. The minimum Gasteiger partial charge on any atom is -0.309 e. The van der Waals surface area contributed by atoms with Crippen LogP contribution in [0.2, 0.25) is 0 Å². The zero-order valence-corrected chi connectivity index (χ0v) is 23.9. The quantitative estimate of drug-likeness (QED) is 0.210. The van der Waals surface area contributed by atoms with Crippen LogP contribution in [0.4, 0.5) is 0 Å². The van der Waals surface area contributed by atoms with Crippen LogP contribution in [-0.2, 0) is 0 Å². The van der Waals surface area contributed by atoms with Gasteiger partial charge in [-0.15, -0.1) is 0 Å². The summed E-state index contributed by atoms with van der Waals surface area (Å²) >= 11 is 0. The van der Waals surface area contributed by atoms with Crippen LogP contribution in [0.15, 0.2) is 164 Å². The van der Waals surface area contributed by atoms with Gasteiger partial charge >= 0.3 is 0 Å². The highest BCUT2D eigenvalue weighted by Gasteiger charge is 2.16. The number of benzene rings is 6. The van der Waals surface area contributed by atoms with Gasteiger partial charge in [-0.3, -0.25) is 4.98 Å². The van der Waals surface area contributed by atoms with Crippen LogP contribution in [-0.4, -0.2) is 14.1 Å². The molecule has 3 nitrogen and oxygen atoms in total. The highest BCUT2D eigenvalue weighted by atomic mass is 15.0. The second-order valence-corrected chi connectivity index (χ2v) is 11.3. The molecule has 9 aromatic rings. The monoisotopic (exact) mass is 561 g/mol. The van der Waals surface area contributed by atoms with E-state index in [4.69, 9.17) is 0 Å². The Labute approximate surface area is 254 Å². The first-order chi connectivity index (χ1) is 21.8. The highest BCUT2D eigenvalue weighted by molar-refractivity contribution is 6.13. The largest absolute Gasteiger partial charge is 0.309 e. The van der Waals surface area contributed by atoms with Crippen molar-refractivity contribution in [2.24, 2.45) is 0 Å². The third-order valence-corrected chi connectivity index (χ3v) is 8.81. The molecule has 0 bridgehead atoms. The first kappa shape index (κ1) is 24.6. The van der Waals surface area contributed by atoms with Crippen molar-refractivity contribution in [3.8, 4) is 33.6 Å². The molecule has 0 spiro atoms. The Kier molecular flexibility index (Phi) is 5.50. The lowest BCUT2D eigenvalue weighted by Crippen LogP contribution is -1.93. The van der Waals surface area contributed by atoms with Crippen LogP contribution in [0.25, 0.3) is 77.2 Å². The van der Waals surface area contributed by atoms with Gasteiger partial charge in [0.05, 0.1) is 22.1 Å². The minimum atomic E-state index is 1.16. The molecular formula is C41H27N3. The minimum absolute atomic E-state index is 1.16. The maximum Gasteiger partial charge on any atom is 0.0547 e. The molecule has 206 valence electrons. The van der Waals surface area contributed by atoms with Gasteiger partial charge in [-0.1, -0.05) is 78.9 Å². The van der Waals surface area contributed by atoms with Crippen LogP contribution in [0.3, 0.4) is 0 Å². The van der Waals surface area contributed by atoms with Crippen LogP contribution >= 0.6 is 0 Å². The maximum absolute atomic E-state index is 4.21. The Morgan fingerprint density at radius 3 is 1.45 bits per heavy atom. The zero-order chi connectivity index (χ0) is 29.0. The molecule has 0 N–H and O–H groups in total. The zero-order valence-electron chi connectivity index (χ0n) is 23.9. The third kappa shape index (κ3) is 3.80. The number of hydrogen-bond acceptors (Lipinski definition) is 1. The van der Waals surface area contributed by atoms with Crippen molar-refractivity contribution in [1.29, 1.82) is 0 Å². The first-order valence-corrected chi connectivity index (χ1v) is 15.0. The normalized spacial score (nSPS) is 11.6. The second kappa shape index (κ2) is 9.82. The maximum atomic E-state index is 4.21. The molecule has 6 aromatic carbocycles. The smallest absolute Gasteiger partial charge is 0.0547 e. The summed E-state index contributed by atoms with van der Waals surface area (Å²) in [5.41, 5.74) is 11.9. The Bertz CT molecular complexity index is 2470. The Morgan fingerprint density at radius 2 is 0.795 bits per heavy atom. The molecule has 0 atom stereocenters. The van der Waals surface area contributed by atoms with Gasteiger partial charge in [0.25, 0.3) is 0 Å². The topological polar surface area (TPSA) is 22.8 Å². The van der Waals surface area contributed by atoms with Gasteiger partial charge in [-0.05, 0) is 95.1 Å². The number of rotatable bonds is 4. The van der Waals surface area contributed by atoms with E-state index in [1.807, 2.05) is 12.4 Å². The average Bonchev–Trinajstić information content (AvgIpc) is 3.61. The fourth-order valence-electron chi connectivity index (χ4n) is 6.79. The van der Waals surface area contributed by atoms with E-state index in [0.717, 1.165) is 5.69 Å². The van der Waals surface area contributed by atoms with Crippen molar-refractivity contribution in [3.63, 3.8) is 0 Å². The molecule has 0 unspecified atom stereocenters. The van der Waals surface area contributed by atoms with E-state index in [2.05, 4.69) is 166 Å². The van der Waals surface area contributed by atoms with Crippen LogP contribution in [0, 0.1) is 0 Å². The van der Waals surface area contributed by atoms with E-state index < -0.39 is 0 Å². The second-order valence-electron chi connectivity index (χ2n) is 11.3. The summed E-state index contributed by atoms with van der Waals surface area (Å²) in [7, 11) is 0. The predicted molar refractivity (Wildman–Crippen MR) is 184 cm³/mol. The summed E-state index contributed by atoms with van der Waals surface area (Å²) in [5, 5.41) is 5.00. The van der Waals surface area contributed by atoms with Crippen molar-refractivity contribution in [2.45, 2.75) is 0 Å². The lowest BCUT2D eigenvalue weighted by molar-refractivity contribution is 1.18. The molecule has 3 aromatic heterocycles. The number of aromatic nitrogens is 3. The Morgan fingerprint density at radius 1 is 0.318 bits per heavy atom. The predicted octanol–water partition coefficient (Wildman–Crippen LogP) is 10.6. The average molecular weight is 562 g/mol. The molecule has 0 fully saturated rings. The Hall–Kier alpha value is -5.93. The van der Waals surface area contributed by atoms with E-state index in [-0.39, 0.29) is 0 Å². The van der Waals surface area contributed by atoms with Crippen LogP contribution < -0.4 is 0 Å². The molecule has 0 saturated heterocycles. The van der Waals surface area contributed by atoms with Gasteiger partial charge in [0.2, 0.25) is 0 Å². The summed E-state index contributed by atoms with van der Waals surface area (Å²) < 4.78 is 4.76. The van der Waals surface area contributed by atoms with Gasteiger partial charge in [0.1, 0.15) is 0 Å². The molecule has 3 heterocycles. The van der Waals surface area contributed by atoms with E-state index in [1.54, 1.807) is 0 Å². The van der Waals surface area contributed by atoms with E-state index in [1.165, 1.54) is 71.6 Å². The van der Waals surface area contributed by atoms with Crippen molar-refractivity contribution < 1.29 is 0 Å². The summed E-state index contributed by atoms with van der Waals surface area (Å²) in [5.74, 6) is 0. The number of para-hydroxylation sites is 3. The third-order valence-electron chi connectivity index (χ3n) is 8.81. The van der Waals surface area contributed by atoms with Crippen molar-refractivity contribution in [1.82, 2.24) is 14.1 Å². The number of pyridine rings is 1. The summed E-state index contributed by atoms with van der Waals surface area (Å²) in [6.07, 6.45) is 3.71. The number of nitrogens with zero attached hydrogens (tertiary/aromatic N) is 3. The summed E-state index contributed by atoms with van der Waals surface area (Å²) in [6.45, 7) is 0. The fourth-order valence-corrected chi connectivity index (χ4v) is 6.79. The molecule has 3 heteroatoms. The van der Waals surface area contributed by atoms with Crippen molar-refractivity contribution in [3.05, 3.63) is 164 Å². The highest BCUT2D eigenvalue weighted by Crippen LogP contribution is 2.39. The Balaban J connectivity index is 1.27. The molecule has 44 heavy (non-hydrogen) atoms. The van der Waals surface area contributed by atoms with Gasteiger partial charge < -0.3 is 9.13 Å². The van der Waals surface area contributed by atoms with Crippen LogP contribution in [0.1, 0.15) is 0 Å². The van der Waals surface area contributed by atoms with Crippen molar-refractivity contribution in [2.75, 3.05) is 0 Å². The van der Waals surface area contributed by atoms with E-state index in [0.29, 0.717) is 0 Å². The molecule has 0 aliphatic carbocycles. The summed E-state index contributed by atoms with van der Waals surface area (Å²) in [6, 6.07) is 54.7. The molecule has 0 aliphatic rings. The van der Waals surface area contributed by atoms with Crippen LogP contribution in [0.5, 0.6) is 0 Å². The van der Waals surface area contributed by atoms with Gasteiger partial charge in [0.15, 0.2) is 0 Å². The standard InChI is InChI=1S/C41H27N3/c1-3-9-32(10-4-1)43-38-14-8-7-13-34(38)36-26-30(17-20-39(36)43)31-15-18-35-37-25-29(28-21-23-42-24-22-28)16-19-40(37)44(41(35)27-31)33-11-5-2-6-12-33/h1-27H. The van der Waals surface area contributed by atoms with Crippen molar-refractivity contribution >= 4 is 43.6 Å². The SMILES string of the molecule is c1ccc(-n2c3ccccc3c3cc(-c4ccc5c6cc(-c7ccncc7)ccc6n(-c6ccccc6)c5c4)ccc32)cc1. The van der Waals surface area contributed by atoms with E-state index in [9.17, 15) is 0 Å².